The Morgan fingerprint density at radius 1 is 1.00 bits per heavy atom. The molecule has 0 aliphatic heterocycles. The molecule has 0 fully saturated rings. The molecule has 1 heterocycles. The molecule has 0 saturated heterocycles. The third-order valence-electron chi connectivity index (χ3n) is 2.98. The van der Waals surface area contributed by atoms with E-state index in [4.69, 9.17) is 0 Å². The van der Waals surface area contributed by atoms with Gasteiger partial charge in [0.05, 0.1) is 5.38 Å². The lowest BCUT2D eigenvalue weighted by atomic mass is 10.3. The number of para-hydroxylation sites is 2. The van der Waals surface area contributed by atoms with E-state index >= 15 is 0 Å². The van der Waals surface area contributed by atoms with Gasteiger partial charge in [0.2, 0.25) is 5.69 Å². The molecular formula is C16H13N2O2S+. The molecule has 0 aliphatic rings. The number of rotatable bonds is 4. The summed E-state index contributed by atoms with van der Waals surface area (Å²) < 4.78 is 1.71. The van der Waals surface area contributed by atoms with E-state index < -0.39 is 5.97 Å². The van der Waals surface area contributed by atoms with Crippen molar-refractivity contribution < 1.29 is 14.5 Å². The monoisotopic (exact) mass is 297 g/mol. The van der Waals surface area contributed by atoms with Gasteiger partial charge in [-0.25, -0.2) is 10.1 Å². The second kappa shape index (κ2) is 5.76. The molecule has 1 aromatic heterocycles. The zero-order chi connectivity index (χ0) is 14.7. The summed E-state index contributed by atoms with van der Waals surface area (Å²) in [7, 11) is 0. The van der Waals surface area contributed by atoms with Crippen LogP contribution in [0.25, 0.3) is 5.69 Å². The minimum Gasteiger partial charge on any atom is -0.475 e. The third-order valence-corrected chi connectivity index (χ3v) is 3.83. The maximum absolute atomic E-state index is 11.4. The number of carboxylic acids is 1. The van der Waals surface area contributed by atoms with Crippen molar-refractivity contribution in [1.82, 2.24) is 0 Å². The number of hydrogen-bond acceptors (Lipinski definition) is 3. The number of hydrogen-bond donors (Lipinski definition) is 2. The molecule has 0 atom stereocenters. The Labute approximate surface area is 125 Å². The maximum atomic E-state index is 11.4. The zero-order valence-electron chi connectivity index (χ0n) is 11.1. The number of carbonyl (C=O) groups is 1. The molecule has 3 aromatic rings. The largest absolute Gasteiger partial charge is 0.475 e. The number of nitrogens with one attached hydrogen (secondary N) is 1. The molecule has 4 nitrogen and oxygen atoms in total. The van der Waals surface area contributed by atoms with Crippen LogP contribution in [0.1, 0.15) is 10.5 Å². The molecule has 0 amide bonds. The van der Waals surface area contributed by atoms with Crippen LogP contribution in [0.3, 0.4) is 0 Å². The molecule has 0 radical (unpaired) electrons. The number of benzene rings is 2. The van der Waals surface area contributed by atoms with Gasteiger partial charge in [0.15, 0.2) is 0 Å². The Bertz CT molecular complexity index is 754. The van der Waals surface area contributed by atoms with Crippen molar-refractivity contribution in [2.24, 2.45) is 0 Å². The second-order valence-corrected chi connectivity index (χ2v) is 5.25. The van der Waals surface area contributed by atoms with E-state index in [1.165, 1.54) is 11.3 Å². The summed E-state index contributed by atoms with van der Waals surface area (Å²) in [5.74, 6) is -0.948. The first kappa shape index (κ1) is 13.3. The van der Waals surface area contributed by atoms with Gasteiger partial charge in [0.25, 0.3) is 0 Å². The normalized spacial score (nSPS) is 10.3. The first-order valence-electron chi connectivity index (χ1n) is 6.40. The van der Waals surface area contributed by atoms with Gasteiger partial charge < -0.3 is 5.11 Å². The zero-order valence-corrected chi connectivity index (χ0v) is 11.9. The smallest absolute Gasteiger partial charge is 0.377 e. The summed E-state index contributed by atoms with van der Waals surface area (Å²) in [6.07, 6.45) is 0. The molecule has 2 N–H and O–H groups in total. The van der Waals surface area contributed by atoms with Gasteiger partial charge in [-0.15, -0.1) is 0 Å². The van der Waals surface area contributed by atoms with Gasteiger partial charge in [0, 0.05) is 0 Å². The van der Waals surface area contributed by atoms with E-state index in [-0.39, 0.29) is 5.69 Å². The SMILES string of the molecule is O=C(O)c1csc(Nc2ccccc2)[n+]1-c1ccccc1. The van der Waals surface area contributed by atoms with Gasteiger partial charge in [-0.3, -0.25) is 0 Å². The lowest BCUT2D eigenvalue weighted by Gasteiger charge is -2.03. The number of nitrogens with zero attached hydrogens (tertiary/aromatic N) is 1. The standard InChI is InChI=1S/C16H12N2O2S/c19-15(20)14-11-21-16(17-12-7-3-1-4-8-12)18(14)13-9-5-2-6-10-13/h1-11H,(H,19,20)/p+1. The van der Waals surface area contributed by atoms with Gasteiger partial charge in [-0.1, -0.05) is 47.7 Å². The lowest BCUT2D eigenvalue weighted by Crippen LogP contribution is -2.37. The number of aromatic carboxylic acids is 1. The third kappa shape index (κ3) is 2.78. The molecule has 0 spiro atoms. The van der Waals surface area contributed by atoms with Crippen LogP contribution in [0, 0.1) is 0 Å². The van der Waals surface area contributed by atoms with E-state index in [1.54, 1.807) is 9.95 Å². The Kier molecular flexibility index (Phi) is 3.66. The highest BCUT2D eigenvalue weighted by atomic mass is 32.1. The minimum absolute atomic E-state index is 0.240. The van der Waals surface area contributed by atoms with Crippen molar-refractivity contribution in [2.45, 2.75) is 0 Å². The van der Waals surface area contributed by atoms with Crippen molar-refractivity contribution in [1.29, 1.82) is 0 Å². The molecule has 0 saturated carbocycles. The molecule has 2 aromatic carbocycles. The van der Waals surface area contributed by atoms with Crippen LogP contribution >= 0.6 is 11.3 Å². The van der Waals surface area contributed by atoms with Crippen molar-refractivity contribution >= 4 is 28.1 Å². The number of carboxylic acid groups (broad SMARTS) is 1. The molecule has 0 bridgehead atoms. The average Bonchev–Trinajstić information content (AvgIpc) is 2.93. The van der Waals surface area contributed by atoms with E-state index in [1.807, 2.05) is 60.7 Å². The fraction of sp³-hybridized carbons (Fsp3) is 0. The Balaban J connectivity index is 2.07. The van der Waals surface area contributed by atoms with Gasteiger partial charge in [-0.05, 0) is 24.3 Å². The molecule has 104 valence electrons. The summed E-state index contributed by atoms with van der Waals surface area (Å²) in [4.78, 5) is 11.4. The fourth-order valence-corrected chi connectivity index (χ4v) is 2.95. The van der Waals surface area contributed by atoms with E-state index in [9.17, 15) is 9.90 Å². The van der Waals surface area contributed by atoms with E-state index in [2.05, 4.69) is 5.32 Å². The highest BCUT2D eigenvalue weighted by molar-refractivity contribution is 7.13. The average molecular weight is 297 g/mol. The van der Waals surface area contributed by atoms with Crippen LogP contribution in [-0.2, 0) is 0 Å². The Hall–Kier alpha value is -2.66. The maximum Gasteiger partial charge on any atom is 0.377 e. The molecule has 5 heteroatoms. The Morgan fingerprint density at radius 3 is 2.24 bits per heavy atom. The molecular weight excluding hydrogens is 284 g/mol. The van der Waals surface area contributed by atoms with Crippen LogP contribution in [0.4, 0.5) is 10.8 Å². The lowest BCUT2D eigenvalue weighted by molar-refractivity contribution is -0.578. The van der Waals surface area contributed by atoms with Crippen molar-refractivity contribution in [3.05, 3.63) is 71.7 Å². The van der Waals surface area contributed by atoms with E-state index in [0.717, 1.165) is 16.5 Å². The summed E-state index contributed by atoms with van der Waals surface area (Å²) in [5, 5.41) is 15.0. The van der Waals surface area contributed by atoms with Crippen LogP contribution in [0.2, 0.25) is 0 Å². The van der Waals surface area contributed by atoms with Crippen molar-refractivity contribution in [3.63, 3.8) is 0 Å². The molecule has 3 rings (SSSR count). The minimum atomic E-state index is -0.948. The summed E-state index contributed by atoms with van der Waals surface area (Å²) in [5.41, 5.74) is 1.97. The number of anilines is 2. The van der Waals surface area contributed by atoms with Gasteiger partial charge in [-0.2, -0.15) is 4.57 Å². The fourth-order valence-electron chi connectivity index (χ4n) is 2.04. The van der Waals surface area contributed by atoms with Crippen molar-refractivity contribution in [2.75, 3.05) is 5.32 Å². The first-order chi connectivity index (χ1) is 10.3. The summed E-state index contributed by atoms with van der Waals surface area (Å²) in [6, 6.07) is 19.1. The highest BCUT2D eigenvalue weighted by Gasteiger charge is 2.24. The molecule has 0 unspecified atom stereocenters. The van der Waals surface area contributed by atoms with Crippen molar-refractivity contribution in [3.8, 4) is 5.69 Å². The first-order valence-corrected chi connectivity index (χ1v) is 7.28. The predicted molar refractivity (Wildman–Crippen MR) is 82.5 cm³/mol. The van der Waals surface area contributed by atoms with E-state index in [0.29, 0.717) is 0 Å². The van der Waals surface area contributed by atoms with Gasteiger partial charge >= 0.3 is 11.1 Å². The topological polar surface area (TPSA) is 53.2 Å². The van der Waals surface area contributed by atoms with Crippen LogP contribution < -0.4 is 9.88 Å². The summed E-state index contributed by atoms with van der Waals surface area (Å²) in [6.45, 7) is 0. The second-order valence-electron chi connectivity index (χ2n) is 4.39. The number of aromatic nitrogens is 1. The Morgan fingerprint density at radius 2 is 1.62 bits per heavy atom. The highest BCUT2D eigenvalue weighted by Crippen LogP contribution is 2.21. The van der Waals surface area contributed by atoms with Gasteiger partial charge in [0.1, 0.15) is 11.4 Å². The predicted octanol–water partition coefficient (Wildman–Crippen LogP) is 3.47. The van der Waals surface area contributed by atoms with Crippen LogP contribution in [-0.4, -0.2) is 11.1 Å². The quantitative estimate of drug-likeness (QED) is 0.725. The number of thiazole rings is 1. The summed E-state index contributed by atoms with van der Waals surface area (Å²) >= 11 is 1.37. The van der Waals surface area contributed by atoms with Crippen LogP contribution in [0.15, 0.2) is 66.0 Å². The molecule has 0 aliphatic carbocycles. The molecule has 21 heavy (non-hydrogen) atoms. The van der Waals surface area contributed by atoms with Crippen LogP contribution in [0.5, 0.6) is 0 Å².